The molecule has 0 bridgehead atoms. The molecular weight excluding hydrogens is 372 g/mol. The predicted molar refractivity (Wildman–Crippen MR) is 117 cm³/mol. The van der Waals surface area contributed by atoms with Crippen LogP contribution in [0.5, 0.6) is 0 Å². The SMILES string of the molecule is C=C/C(=C\C=C/C)NC(=O)Nc1c2c(nn1-c1ccccc1C)CSC2.CO. The normalized spacial score (nSPS) is 12.9. The number of fused-ring (bicyclic) bond motifs is 1. The molecule has 3 N–H and O–H groups in total. The summed E-state index contributed by atoms with van der Waals surface area (Å²) in [5.74, 6) is 2.44. The lowest BCUT2D eigenvalue weighted by atomic mass is 10.2. The number of urea groups is 1. The zero-order valence-electron chi connectivity index (χ0n) is 16.4. The molecular formula is C21H26N4O2S. The predicted octanol–water partition coefficient (Wildman–Crippen LogP) is 4.30. The van der Waals surface area contributed by atoms with E-state index in [0.29, 0.717) is 5.70 Å². The number of rotatable bonds is 5. The number of aliphatic hydroxyl groups excluding tert-OH is 1. The topological polar surface area (TPSA) is 79.2 Å². The van der Waals surface area contributed by atoms with Crippen molar-refractivity contribution in [2.24, 2.45) is 0 Å². The number of aryl methyl sites for hydroxylation is 1. The average molecular weight is 399 g/mol. The number of thioether (sulfide) groups is 1. The van der Waals surface area contributed by atoms with Crippen molar-refractivity contribution in [3.8, 4) is 5.69 Å². The Morgan fingerprint density at radius 1 is 1.32 bits per heavy atom. The lowest BCUT2D eigenvalue weighted by Gasteiger charge is -2.13. The maximum absolute atomic E-state index is 12.5. The Kier molecular flexibility index (Phi) is 8.10. The van der Waals surface area contributed by atoms with Gasteiger partial charge in [0.2, 0.25) is 0 Å². The third-order valence-electron chi connectivity index (χ3n) is 4.07. The van der Waals surface area contributed by atoms with E-state index in [0.717, 1.165) is 46.9 Å². The highest BCUT2D eigenvalue weighted by Crippen LogP contribution is 2.36. The van der Waals surface area contributed by atoms with Crippen LogP contribution in [0.2, 0.25) is 0 Å². The van der Waals surface area contributed by atoms with E-state index in [2.05, 4.69) is 17.2 Å². The quantitative estimate of drug-likeness (QED) is 0.656. The molecule has 1 aliphatic rings. The maximum atomic E-state index is 12.5. The highest BCUT2D eigenvalue weighted by atomic mass is 32.2. The fraction of sp³-hybridized carbons (Fsp3) is 0.238. The molecule has 2 amide bonds. The monoisotopic (exact) mass is 398 g/mol. The Labute approximate surface area is 170 Å². The van der Waals surface area contributed by atoms with Crippen molar-refractivity contribution in [1.29, 1.82) is 0 Å². The van der Waals surface area contributed by atoms with Gasteiger partial charge in [0.25, 0.3) is 0 Å². The Balaban J connectivity index is 0.00000136. The van der Waals surface area contributed by atoms with Crippen molar-refractivity contribution in [1.82, 2.24) is 15.1 Å². The summed E-state index contributed by atoms with van der Waals surface area (Å²) in [5.41, 5.74) is 4.82. The number of hydrogen-bond donors (Lipinski definition) is 3. The first-order valence-corrected chi connectivity index (χ1v) is 10.0. The number of nitrogens with zero attached hydrogens (tertiary/aromatic N) is 2. The van der Waals surface area contributed by atoms with E-state index in [1.807, 2.05) is 54.9 Å². The van der Waals surface area contributed by atoms with Crippen molar-refractivity contribution in [2.75, 3.05) is 12.4 Å². The van der Waals surface area contributed by atoms with Gasteiger partial charge in [0.05, 0.1) is 11.4 Å². The van der Waals surface area contributed by atoms with Crippen LogP contribution >= 0.6 is 11.8 Å². The molecule has 1 aromatic carbocycles. The first kappa shape index (κ1) is 21.5. The van der Waals surface area contributed by atoms with Crippen LogP contribution in [0.3, 0.4) is 0 Å². The van der Waals surface area contributed by atoms with Gasteiger partial charge >= 0.3 is 6.03 Å². The number of allylic oxidation sites excluding steroid dienone is 4. The summed E-state index contributed by atoms with van der Waals surface area (Å²) in [7, 11) is 1.00. The van der Waals surface area contributed by atoms with Gasteiger partial charge in [-0.05, 0) is 37.6 Å². The first-order chi connectivity index (χ1) is 13.6. The van der Waals surface area contributed by atoms with E-state index in [9.17, 15) is 4.79 Å². The van der Waals surface area contributed by atoms with Crippen molar-refractivity contribution in [3.05, 3.63) is 77.7 Å². The van der Waals surface area contributed by atoms with Gasteiger partial charge in [0.15, 0.2) is 0 Å². The Bertz CT molecular complexity index is 900. The molecule has 0 fully saturated rings. The zero-order chi connectivity index (χ0) is 20.5. The summed E-state index contributed by atoms with van der Waals surface area (Å²) in [6, 6.07) is 7.71. The molecule has 1 aromatic heterocycles. The van der Waals surface area contributed by atoms with Crippen molar-refractivity contribution in [3.63, 3.8) is 0 Å². The molecule has 0 unspecified atom stereocenters. The Morgan fingerprint density at radius 3 is 2.75 bits per heavy atom. The molecule has 0 aliphatic carbocycles. The van der Waals surface area contributed by atoms with E-state index in [4.69, 9.17) is 10.2 Å². The van der Waals surface area contributed by atoms with Crippen LogP contribution in [-0.2, 0) is 11.5 Å². The minimum Gasteiger partial charge on any atom is -0.400 e. The molecule has 7 heteroatoms. The van der Waals surface area contributed by atoms with Crippen molar-refractivity contribution >= 4 is 23.6 Å². The summed E-state index contributed by atoms with van der Waals surface area (Å²) in [6.45, 7) is 7.69. The molecule has 0 spiro atoms. The summed E-state index contributed by atoms with van der Waals surface area (Å²) < 4.78 is 1.84. The molecule has 0 radical (unpaired) electrons. The van der Waals surface area contributed by atoms with Crippen molar-refractivity contribution < 1.29 is 9.90 Å². The second-order valence-corrected chi connectivity index (χ2v) is 6.88. The number of anilines is 1. The Hall–Kier alpha value is -2.77. The molecule has 28 heavy (non-hydrogen) atoms. The largest absolute Gasteiger partial charge is 0.400 e. The van der Waals surface area contributed by atoms with Crippen LogP contribution < -0.4 is 10.6 Å². The fourth-order valence-corrected chi connectivity index (χ4v) is 3.78. The van der Waals surface area contributed by atoms with E-state index >= 15 is 0 Å². The molecule has 1 aliphatic heterocycles. The standard InChI is InChI=1S/C20H22N4OS.CH4O/c1-4-6-10-15(5-2)21-20(25)22-19-16-12-26-13-17(16)23-24(19)18-11-8-7-9-14(18)3;1-2/h4-11H,2,12-13H2,1,3H3,(H2,21,22,25);2H,1H3/b6-4-,15-10+;. The first-order valence-electron chi connectivity index (χ1n) is 8.86. The van der Waals surface area contributed by atoms with Gasteiger partial charge < -0.3 is 10.4 Å². The molecule has 0 atom stereocenters. The number of benzene rings is 1. The smallest absolute Gasteiger partial charge is 0.324 e. The summed E-state index contributed by atoms with van der Waals surface area (Å²) in [6.07, 6.45) is 7.15. The van der Waals surface area contributed by atoms with Crippen LogP contribution in [-0.4, -0.2) is 28.0 Å². The second-order valence-electron chi connectivity index (χ2n) is 5.90. The molecule has 2 aromatic rings. The van der Waals surface area contributed by atoms with Gasteiger partial charge in [0, 0.05) is 29.9 Å². The van der Waals surface area contributed by atoms with Gasteiger partial charge in [-0.25, -0.2) is 9.48 Å². The lowest BCUT2D eigenvalue weighted by molar-refractivity contribution is 0.254. The molecule has 0 saturated heterocycles. The van der Waals surface area contributed by atoms with Crippen LogP contribution in [0, 0.1) is 6.92 Å². The van der Waals surface area contributed by atoms with Gasteiger partial charge in [0.1, 0.15) is 5.82 Å². The number of aliphatic hydroxyl groups is 1. The molecule has 2 heterocycles. The fourth-order valence-electron chi connectivity index (χ4n) is 2.75. The highest BCUT2D eigenvalue weighted by Gasteiger charge is 2.25. The van der Waals surface area contributed by atoms with Crippen LogP contribution in [0.25, 0.3) is 5.69 Å². The number of para-hydroxylation sites is 1. The number of carbonyl (C=O) groups is 1. The minimum atomic E-state index is -0.310. The van der Waals surface area contributed by atoms with Gasteiger partial charge in [-0.1, -0.05) is 36.9 Å². The number of carbonyl (C=O) groups excluding carboxylic acids is 1. The molecule has 6 nitrogen and oxygen atoms in total. The number of nitrogens with one attached hydrogen (secondary N) is 2. The summed E-state index contributed by atoms with van der Waals surface area (Å²) in [5, 5.41) is 17.5. The van der Waals surface area contributed by atoms with Gasteiger partial charge in [-0.15, -0.1) is 0 Å². The lowest BCUT2D eigenvalue weighted by Crippen LogP contribution is -2.29. The van der Waals surface area contributed by atoms with Crippen molar-refractivity contribution in [2.45, 2.75) is 25.4 Å². The number of amides is 2. The second kappa shape index (κ2) is 10.5. The third-order valence-corrected chi connectivity index (χ3v) is 5.04. The van der Waals surface area contributed by atoms with Gasteiger partial charge in [-0.3, -0.25) is 5.32 Å². The average Bonchev–Trinajstić information content (AvgIpc) is 3.30. The van der Waals surface area contributed by atoms with Crippen LogP contribution in [0.4, 0.5) is 10.6 Å². The van der Waals surface area contributed by atoms with Crippen LogP contribution in [0.15, 0.2) is 60.8 Å². The number of aromatic nitrogens is 2. The summed E-state index contributed by atoms with van der Waals surface area (Å²) in [4.78, 5) is 12.5. The van der Waals surface area contributed by atoms with E-state index in [1.165, 1.54) is 0 Å². The minimum absolute atomic E-state index is 0.310. The third kappa shape index (κ3) is 4.94. The summed E-state index contributed by atoms with van der Waals surface area (Å²) >= 11 is 1.80. The Morgan fingerprint density at radius 2 is 2.07 bits per heavy atom. The van der Waals surface area contributed by atoms with E-state index < -0.39 is 0 Å². The maximum Gasteiger partial charge on any atom is 0.324 e. The van der Waals surface area contributed by atoms with E-state index in [1.54, 1.807) is 23.9 Å². The molecule has 0 saturated carbocycles. The molecule has 3 rings (SSSR count). The number of hydrogen-bond acceptors (Lipinski definition) is 4. The zero-order valence-corrected chi connectivity index (χ0v) is 17.2. The van der Waals surface area contributed by atoms with Crippen LogP contribution in [0.1, 0.15) is 23.7 Å². The van der Waals surface area contributed by atoms with E-state index in [-0.39, 0.29) is 6.03 Å². The highest BCUT2D eigenvalue weighted by molar-refractivity contribution is 7.98. The molecule has 148 valence electrons. The van der Waals surface area contributed by atoms with Gasteiger partial charge in [-0.2, -0.15) is 16.9 Å².